The van der Waals surface area contributed by atoms with Crippen LogP contribution in [0.15, 0.2) is 23.8 Å². The number of nitrogens with zero attached hydrogens (tertiary/aromatic N) is 2. The van der Waals surface area contributed by atoms with E-state index < -0.39 is 5.76 Å². The van der Waals surface area contributed by atoms with Crippen LogP contribution in [-0.2, 0) is 0 Å². The van der Waals surface area contributed by atoms with Crippen LogP contribution in [0.25, 0.3) is 5.76 Å². The van der Waals surface area contributed by atoms with Crippen LogP contribution in [-0.4, -0.2) is 5.11 Å². The molecule has 0 saturated heterocycles. The molecule has 1 aromatic carbocycles. The van der Waals surface area contributed by atoms with Gasteiger partial charge in [-0.15, -0.1) is 0 Å². The Morgan fingerprint density at radius 2 is 1.80 bits per heavy atom. The van der Waals surface area contributed by atoms with Gasteiger partial charge in [0.25, 0.3) is 0 Å². The molecule has 15 heavy (non-hydrogen) atoms. The molecule has 0 amide bonds. The summed E-state index contributed by atoms with van der Waals surface area (Å²) in [7, 11) is 0. The highest BCUT2D eigenvalue weighted by atomic mass is 35.5. The van der Waals surface area contributed by atoms with E-state index in [0.29, 0.717) is 5.02 Å². The standard InChI is InChI=1S/C10H4Cl2N2O/c11-7-1-2-8(9(12)3-7)10(15)6(4-13)5-14/h1-3,15H. The van der Waals surface area contributed by atoms with Crippen molar-refractivity contribution in [2.45, 2.75) is 0 Å². The molecule has 0 heterocycles. The molecule has 0 unspecified atom stereocenters. The molecule has 0 aromatic heterocycles. The van der Waals surface area contributed by atoms with E-state index >= 15 is 0 Å². The number of hydrogen-bond donors (Lipinski definition) is 1. The minimum atomic E-state index is -0.443. The fraction of sp³-hybridized carbons (Fsp3) is 0. The average Bonchev–Trinajstić information content (AvgIpc) is 2.19. The van der Waals surface area contributed by atoms with Crippen molar-refractivity contribution in [1.82, 2.24) is 0 Å². The zero-order chi connectivity index (χ0) is 11.4. The van der Waals surface area contributed by atoms with E-state index in [1.165, 1.54) is 18.2 Å². The molecule has 3 nitrogen and oxygen atoms in total. The van der Waals surface area contributed by atoms with Gasteiger partial charge in [-0.25, -0.2) is 0 Å². The number of aliphatic hydroxyl groups excluding tert-OH is 1. The Kier molecular flexibility index (Phi) is 3.57. The monoisotopic (exact) mass is 238 g/mol. The Morgan fingerprint density at radius 3 is 2.27 bits per heavy atom. The maximum Gasteiger partial charge on any atom is 0.171 e. The van der Waals surface area contributed by atoms with Gasteiger partial charge < -0.3 is 5.11 Å². The van der Waals surface area contributed by atoms with E-state index in [9.17, 15) is 5.11 Å². The fourth-order valence-electron chi connectivity index (χ4n) is 0.947. The second-order valence-electron chi connectivity index (χ2n) is 2.57. The first kappa shape index (κ1) is 11.4. The lowest BCUT2D eigenvalue weighted by Gasteiger charge is -2.03. The minimum absolute atomic E-state index is 0.183. The predicted octanol–water partition coefficient (Wildman–Crippen LogP) is 3.31. The summed E-state index contributed by atoms with van der Waals surface area (Å²) in [6, 6.07) is 7.50. The lowest BCUT2D eigenvalue weighted by Crippen LogP contribution is -1.89. The summed E-state index contributed by atoms with van der Waals surface area (Å²) < 4.78 is 0. The second-order valence-corrected chi connectivity index (χ2v) is 3.42. The van der Waals surface area contributed by atoms with Crippen LogP contribution in [0.5, 0.6) is 0 Å². The van der Waals surface area contributed by atoms with Gasteiger partial charge in [-0.1, -0.05) is 23.2 Å². The van der Waals surface area contributed by atoms with Gasteiger partial charge in [0, 0.05) is 10.6 Å². The molecule has 1 rings (SSSR count). The largest absolute Gasteiger partial charge is 0.505 e. The molecule has 0 atom stereocenters. The summed E-state index contributed by atoms with van der Waals surface area (Å²) in [5.41, 5.74) is -0.182. The molecule has 0 radical (unpaired) electrons. The first-order valence-corrected chi connectivity index (χ1v) is 4.54. The van der Waals surface area contributed by atoms with Crippen molar-refractivity contribution in [2.24, 2.45) is 0 Å². The van der Waals surface area contributed by atoms with Crippen molar-refractivity contribution in [3.05, 3.63) is 39.4 Å². The summed E-state index contributed by atoms with van der Waals surface area (Å²) in [6.07, 6.45) is 0. The highest BCUT2D eigenvalue weighted by Crippen LogP contribution is 2.27. The third-order valence-corrected chi connectivity index (χ3v) is 2.19. The van der Waals surface area contributed by atoms with E-state index in [1.807, 2.05) is 0 Å². The van der Waals surface area contributed by atoms with Crippen molar-refractivity contribution in [3.63, 3.8) is 0 Å². The molecule has 0 aliphatic heterocycles. The van der Waals surface area contributed by atoms with E-state index in [-0.39, 0.29) is 16.2 Å². The number of benzene rings is 1. The molecule has 0 bridgehead atoms. The van der Waals surface area contributed by atoms with Crippen LogP contribution in [0, 0.1) is 22.7 Å². The highest BCUT2D eigenvalue weighted by Gasteiger charge is 2.11. The Hall–Kier alpha value is -1.68. The summed E-state index contributed by atoms with van der Waals surface area (Å²) in [5.74, 6) is -0.443. The topological polar surface area (TPSA) is 67.8 Å². The van der Waals surface area contributed by atoms with E-state index in [2.05, 4.69) is 0 Å². The normalized spacial score (nSPS) is 8.80. The zero-order valence-corrected chi connectivity index (χ0v) is 8.84. The number of aliphatic hydroxyl groups is 1. The SMILES string of the molecule is N#CC(C#N)=C(O)c1ccc(Cl)cc1Cl. The Morgan fingerprint density at radius 1 is 1.20 bits per heavy atom. The maximum atomic E-state index is 9.56. The Bertz CT molecular complexity index is 493. The molecule has 1 N–H and O–H groups in total. The van der Waals surface area contributed by atoms with Gasteiger partial charge in [0.1, 0.15) is 12.1 Å². The van der Waals surface area contributed by atoms with Gasteiger partial charge in [-0.2, -0.15) is 10.5 Å². The van der Waals surface area contributed by atoms with E-state index in [0.717, 1.165) is 0 Å². The minimum Gasteiger partial charge on any atom is -0.505 e. The van der Waals surface area contributed by atoms with Gasteiger partial charge in [-0.05, 0) is 18.2 Å². The third kappa shape index (κ3) is 2.41. The van der Waals surface area contributed by atoms with Crippen LogP contribution in [0.2, 0.25) is 10.0 Å². The average molecular weight is 239 g/mol. The van der Waals surface area contributed by atoms with Gasteiger partial charge in [0.05, 0.1) is 5.02 Å². The van der Waals surface area contributed by atoms with Crippen LogP contribution < -0.4 is 0 Å². The smallest absolute Gasteiger partial charge is 0.171 e. The zero-order valence-electron chi connectivity index (χ0n) is 7.33. The molecule has 1 aromatic rings. The molecule has 0 aliphatic carbocycles. The Balaban J connectivity index is 3.37. The third-order valence-electron chi connectivity index (χ3n) is 1.65. The van der Waals surface area contributed by atoms with Crippen LogP contribution in [0.3, 0.4) is 0 Å². The molecular formula is C10H4Cl2N2O. The second kappa shape index (κ2) is 4.70. The van der Waals surface area contributed by atoms with E-state index in [4.69, 9.17) is 33.7 Å². The lowest BCUT2D eigenvalue weighted by molar-refractivity contribution is 0.510. The van der Waals surface area contributed by atoms with Crippen LogP contribution in [0.4, 0.5) is 0 Å². The highest BCUT2D eigenvalue weighted by molar-refractivity contribution is 6.35. The first-order chi connectivity index (χ1) is 7.10. The van der Waals surface area contributed by atoms with Gasteiger partial charge in [-0.3, -0.25) is 0 Å². The lowest BCUT2D eigenvalue weighted by atomic mass is 10.1. The summed E-state index contributed by atoms with van der Waals surface area (Å²) in [6.45, 7) is 0. The summed E-state index contributed by atoms with van der Waals surface area (Å²) in [4.78, 5) is 0. The van der Waals surface area contributed by atoms with Crippen LogP contribution in [0.1, 0.15) is 5.56 Å². The number of allylic oxidation sites excluding steroid dienone is 1. The van der Waals surface area contributed by atoms with Crippen LogP contribution >= 0.6 is 23.2 Å². The first-order valence-electron chi connectivity index (χ1n) is 3.79. The molecular weight excluding hydrogens is 235 g/mol. The number of nitriles is 2. The molecule has 0 fully saturated rings. The van der Waals surface area contributed by atoms with Crippen molar-refractivity contribution >= 4 is 29.0 Å². The molecule has 0 aliphatic rings. The predicted molar refractivity (Wildman–Crippen MR) is 57.2 cm³/mol. The molecule has 0 saturated carbocycles. The summed E-state index contributed by atoms with van der Waals surface area (Å²) in [5, 5.41) is 27.2. The quantitative estimate of drug-likeness (QED) is 0.603. The van der Waals surface area contributed by atoms with Gasteiger partial charge in [0.15, 0.2) is 11.3 Å². The van der Waals surface area contributed by atoms with E-state index in [1.54, 1.807) is 12.1 Å². The van der Waals surface area contributed by atoms with Gasteiger partial charge >= 0.3 is 0 Å². The van der Waals surface area contributed by atoms with Crippen molar-refractivity contribution in [1.29, 1.82) is 10.5 Å². The van der Waals surface area contributed by atoms with Gasteiger partial charge in [0.2, 0.25) is 0 Å². The molecule has 0 spiro atoms. The van der Waals surface area contributed by atoms with Crippen molar-refractivity contribution in [3.8, 4) is 12.1 Å². The number of halogens is 2. The Labute approximate surface area is 96.4 Å². The number of hydrogen-bond acceptors (Lipinski definition) is 3. The molecule has 74 valence electrons. The summed E-state index contributed by atoms with van der Waals surface area (Å²) >= 11 is 11.4. The maximum absolute atomic E-state index is 9.56. The van der Waals surface area contributed by atoms with Crippen molar-refractivity contribution in [2.75, 3.05) is 0 Å². The van der Waals surface area contributed by atoms with Crippen molar-refractivity contribution < 1.29 is 5.11 Å². The number of rotatable bonds is 1. The fourth-order valence-corrected chi connectivity index (χ4v) is 1.45. The molecule has 5 heteroatoms.